The summed E-state index contributed by atoms with van der Waals surface area (Å²) in [5, 5.41) is 3.01. The van der Waals surface area contributed by atoms with Gasteiger partial charge in [0.15, 0.2) is 11.5 Å². The second kappa shape index (κ2) is 4.27. The van der Waals surface area contributed by atoms with Gasteiger partial charge < -0.3 is 21.5 Å². The van der Waals surface area contributed by atoms with E-state index < -0.39 is 11.8 Å². The SMILES string of the molecule is NC(=O)c1cccc2c1Nc1c(cccc1C(N)=O)O2. The lowest BCUT2D eigenvalue weighted by molar-refractivity contribution is 0.0993. The zero-order valence-electron chi connectivity index (χ0n) is 10.3. The van der Waals surface area contributed by atoms with Gasteiger partial charge in [0.25, 0.3) is 11.8 Å². The molecule has 2 aromatic carbocycles. The monoisotopic (exact) mass is 269 g/mol. The molecule has 3 rings (SSSR count). The fourth-order valence-corrected chi connectivity index (χ4v) is 2.14. The second-order valence-electron chi connectivity index (χ2n) is 4.31. The highest BCUT2D eigenvalue weighted by Gasteiger charge is 2.24. The van der Waals surface area contributed by atoms with E-state index in [0.717, 1.165) is 0 Å². The lowest BCUT2D eigenvalue weighted by Crippen LogP contribution is -2.18. The minimum Gasteiger partial charge on any atom is -0.453 e. The number of hydrogen-bond donors (Lipinski definition) is 3. The van der Waals surface area contributed by atoms with Crippen molar-refractivity contribution in [3.8, 4) is 11.5 Å². The number of hydrogen-bond acceptors (Lipinski definition) is 4. The van der Waals surface area contributed by atoms with Crippen LogP contribution in [0.3, 0.4) is 0 Å². The molecule has 100 valence electrons. The maximum absolute atomic E-state index is 11.4. The highest BCUT2D eigenvalue weighted by atomic mass is 16.5. The first-order valence-electron chi connectivity index (χ1n) is 5.88. The van der Waals surface area contributed by atoms with Crippen molar-refractivity contribution in [1.29, 1.82) is 0 Å². The van der Waals surface area contributed by atoms with Crippen molar-refractivity contribution >= 4 is 23.2 Å². The molecule has 0 unspecified atom stereocenters. The quantitative estimate of drug-likeness (QED) is 0.658. The highest BCUT2D eigenvalue weighted by Crippen LogP contribution is 2.44. The van der Waals surface area contributed by atoms with Gasteiger partial charge in [-0.05, 0) is 24.3 Å². The number of ether oxygens (including phenoxy) is 1. The molecule has 0 saturated carbocycles. The van der Waals surface area contributed by atoms with Crippen molar-refractivity contribution in [3.05, 3.63) is 47.5 Å². The van der Waals surface area contributed by atoms with Crippen LogP contribution in [0.2, 0.25) is 0 Å². The van der Waals surface area contributed by atoms with Crippen LogP contribution in [-0.4, -0.2) is 11.8 Å². The van der Waals surface area contributed by atoms with Crippen LogP contribution in [0.25, 0.3) is 0 Å². The van der Waals surface area contributed by atoms with E-state index in [9.17, 15) is 9.59 Å². The van der Waals surface area contributed by atoms with E-state index in [1.165, 1.54) is 0 Å². The Kier molecular flexibility index (Phi) is 2.57. The molecule has 0 radical (unpaired) electrons. The van der Waals surface area contributed by atoms with Gasteiger partial charge in [-0.2, -0.15) is 0 Å². The Morgan fingerprint density at radius 2 is 1.30 bits per heavy atom. The fourth-order valence-electron chi connectivity index (χ4n) is 2.14. The lowest BCUT2D eigenvalue weighted by atomic mass is 10.1. The number of para-hydroxylation sites is 2. The molecule has 1 heterocycles. The van der Waals surface area contributed by atoms with Gasteiger partial charge in [-0.15, -0.1) is 0 Å². The fraction of sp³-hybridized carbons (Fsp3) is 0. The van der Waals surface area contributed by atoms with Crippen molar-refractivity contribution in [1.82, 2.24) is 0 Å². The van der Waals surface area contributed by atoms with Crippen LogP contribution in [0, 0.1) is 0 Å². The number of fused-ring (bicyclic) bond motifs is 2. The topological polar surface area (TPSA) is 107 Å². The van der Waals surface area contributed by atoms with Crippen LogP contribution in [0.5, 0.6) is 11.5 Å². The second-order valence-corrected chi connectivity index (χ2v) is 4.31. The van der Waals surface area contributed by atoms with E-state index in [4.69, 9.17) is 16.2 Å². The van der Waals surface area contributed by atoms with Gasteiger partial charge in [0.05, 0.1) is 22.5 Å². The summed E-state index contributed by atoms with van der Waals surface area (Å²) in [5.41, 5.74) is 12.1. The van der Waals surface area contributed by atoms with Crippen LogP contribution in [0.4, 0.5) is 11.4 Å². The van der Waals surface area contributed by atoms with E-state index in [0.29, 0.717) is 22.9 Å². The molecule has 6 heteroatoms. The maximum atomic E-state index is 11.4. The number of carbonyl (C=O) groups excluding carboxylic acids is 2. The third-order valence-electron chi connectivity index (χ3n) is 3.05. The Morgan fingerprint density at radius 1 is 0.850 bits per heavy atom. The molecule has 6 nitrogen and oxygen atoms in total. The summed E-state index contributed by atoms with van der Waals surface area (Å²) < 4.78 is 5.68. The van der Waals surface area contributed by atoms with Gasteiger partial charge >= 0.3 is 0 Å². The molecule has 0 spiro atoms. The molecular weight excluding hydrogens is 258 g/mol. The third-order valence-corrected chi connectivity index (χ3v) is 3.05. The summed E-state index contributed by atoms with van der Waals surface area (Å²) in [5.74, 6) is -0.234. The third kappa shape index (κ3) is 1.74. The largest absolute Gasteiger partial charge is 0.453 e. The predicted molar refractivity (Wildman–Crippen MR) is 73.3 cm³/mol. The number of amides is 2. The summed E-state index contributed by atoms with van der Waals surface area (Å²) in [6.45, 7) is 0. The van der Waals surface area contributed by atoms with Crippen molar-refractivity contribution in [2.24, 2.45) is 11.5 Å². The molecule has 2 aromatic rings. The summed E-state index contributed by atoms with van der Waals surface area (Å²) in [4.78, 5) is 22.9. The Hall–Kier alpha value is -3.02. The van der Waals surface area contributed by atoms with E-state index in [-0.39, 0.29) is 11.1 Å². The van der Waals surface area contributed by atoms with Crippen LogP contribution >= 0.6 is 0 Å². The van der Waals surface area contributed by atoms with Gasteiger partial charge in [0, 0.05) is 0 Å². The van der Waals surface area contributed by atoms with E-state index >= 15 is 0 Å². The summed E-state index contributed by atoms with van der Waals surface area (Å²) in [6, 6.07) is 9.90. The van der Waals surface area contributed by atoms with Crippen LogP contribution < -0.4 is 21.5 Å². The molecule has 0 fully saturated rings. The smallest absolute Gasteiger partial charge is 0.250 e. The lowest BCUT2D eigenvalue weighted by Gasteiger charge is -2.24. The van der Waals surface area contributed by atoms with Gasteiger partial charge in [-0.3, -0.25) is 9.59 Å². The summed E-state index contributed by atoms with van der Waals surface area (Å²) in [7, 11) is 0. The molecule has 0 bridgehead atoms. The van der Waals surface area contributed by atoms with Crippen LogP contribution in [0.1, 0.15) is 20.7 Å². The summed E-state index contributed by atoms with van der Waals surface area (Å²) in [6.07, 6.45) is 0. The first-order chi connectivity index (χ1) is 9.58. The van der Waals surface area contributed by atoms with E-state index in [1.54, 1.807) is 36.4 Å². The number of primary amides is 2. The molecule has 0 atom stereocenters. The first-order valence-corrected chi connectivity index (χ1v) is 5.88. The normalized spacial score (nSPS) is 11.6. The number of benzene rings is 2. The maximum Gasteiger partial charge on any atom is 0.250 e. The number of nitrogens with two attached hydrogens (primary N) is 2. The Bertz CT molecular complexity index is 679. The highest BCUT2D eigenvalue weighted by molar-refractivity contribution is 6.05. The predicted octanol–water partition coefficient (Wildman–Crippen LogP) is 1.73. The molecule has 0 saturated heterocycles. The molecule has 2 amide bonds. The van der Waals surface area contributed by atoms with Gasteiger partial charge in [-0.25, -0.2) is 0 Å². The van der Waals surface area contributed by atoms with Crippen LogP contribution in [0.15, 0.2) is 36.4 Å². The average molecular weight is 269 g/mol. The Balaban J connectivity index is 2.18. The average Bonchev–Trinajstić information content (AvgIpc) is 2.43. The zero-order chi connectivity index (χ0) is 14.3. The molecular formula is C14H11N3O3. The van der Waals surface area contributed by atoms with Crippen molar-refractivity contribution < 1.29 is 14.3 Å². The Morgan fingerprint density at radius 3 is 1.70 bits per heavy atom. The first kappa shape index (κ1) is 12.0. The molecule has 20 heavy (non-hydrogen) atoms. The molecule has 0 aromatic heterocycles. The minimum atomic E-state index is -0.585. The van der Waals surface area contributed by atoms with Crippen molar-refractivity contribution in [2.45, 2.75) is 0 Å². The zero-order valence-corrected chi connectivity index (χ0v) is 10.3. The Labute approximate surface area is 114 Å². The molecule has 1 aliphatic heterocycles. The molecule has 5 N–H and O–H groups in total. The van der Waals surface area contributed by atoms with E-state index in [2.05, 4.69) is 5.32 Å². The molecule has 1 aliphatic rings. The van der Waals surface area contributed by atoms with Gasteiger partial charge in [-0.1, -0.05) is 12.1 Å². The number of carbonyl (C=O) groups is 2. The molecule has 0 aliphatic carbocycles. The van der Waals surface area contributed by atoms with E-state index in [1.807, 2.05) is 0 Å². The van der Waals surface area contributed by atoms with Gasteiger partial charge in [0.1, 0.15) is 0 Å². The summed E-state index contributed by atoms with van der Waals surface area (Å²) >= 11 is 0. The van der Waals surface area contributed by atoms with Crippen molar-refractivity contribution in [2.75, 3.05) is 5.32 Å². The number of nitrogens with one attached hydrogen (secondary N) is 1. The van der Waals surface area contributed by atoms with Crippen LogP contribution in [-0.2, 0) is 0 Å². The van der Waals surface area contributed by atoms with Gasteiger partial charge in [0.2, 0.25) is 0 Å². The standard InChI is InChI=1S/C14H11N3O3/c15-13(18)7-3-1-5-9-11(7)17-12-8(14(16)19)4-2-6-10(12)20-9/h1-6,17H,(H2,15,18)(H2,16,19). The number of rotatable bonds is 2. The van der Waals surface area contributed by atoms with Crippen molar-refractivity contribution in [3.63, 3.8) is 0 Å². The minimum absolute atomic E-state index is 0.285. The number of anilines is 2.